The summed E-state index contributed by atoms with van der Waals surface area (Å²) in [6.45, 7) is 1.76. The number of nitrogens with zero attached hydrogens (tertiary/aromatic N) is 3. The standard InChI is InChI=1S/C13H16N4O2/c1-9-11(13(18)16(2)19-3)15-17(12(9)14)10-7-5-4-6-8-10/h4-8H,14H2,1-3H3. The van der Waals surface area contributed by atoms with Crippen molar-refractivity contribution in [3.8, 4) is 5.69 Å². The maximum Gasteiger partial charge on any atom is 0.297 e. The minimum Gasteiger partial charge on any atom is -0.383 e. The number of carbonyl (C=O) groups is 1. The number of carbonyl (C=O) groups excluding carboxylic acids is 1. The number of anilines is 1. The summed E-state index contributed by atoms with van der Waals surface area (Å²) in [5.74, 6) is 0.112. The number of rotatable bonds is 3. The number of aromatic nitrogens is 2. The van der Waals surface area contributed by atoms with E-state index >= 15 is 0 Å². The van der Waals surface area contributed by atoms with Gasteiger partial charge in [-0.15, -0.1) is 0 Å². The molecular weight excluding hydrogens is 244 g/mol. The lowest BCUT2D eigenvalue weighted by Crippen LogP contribution is -2.26. The van der Waals surface area contributed by atoms with E-state index in [2.05, 4.69) is 5.10 Å². The van der Waals surface area contributed by atoms with Crippen LogP contribution in [0.15, 0.2) is 30.3 Å². The predicted molar refractivity (Wildman–Crippen MR) is 71.8 cm³/mol. The van der Waals surface area contributed by atoms with Crippen LogP contribution in [-0.4, -0.2) is 34.9 Å². The molecule has 0 bridgehead atoms. The monoisotopic (exact) mass is 260 g/mol. The fraction of sp³-hybridized carbons (Fsp3) is 0.231. The van der Waals surface area contributed by atoms with Crippen LogP contribution in [0.2, 0.25) is 0 Å². The van der Waals surface area contributed by atoms with Crippen molar-refractivity contribution in [2.45, 2.75) is 6.92 Å². The van der Waals surface area contributed by atoms with Crippen molar-refractivity contribution in [3.05, 3.63) is 41.6 Å². The molecule has 1 aromatic carbocycles. The Hall–Kier alpha value is -2.34. The van der Waals surface area contributed by atoms with Gasteiger partial charge in [-0.1, -0.05) is 18.2 Å². The molecule has 0 aliphatic rings. The Kier molecular flexibility index (Phi) is 3.52. The summed E-state index contributed by atoms with van der Waals surface area (Å²) >= 11 is 0. The molecule has 0 aliphatic carbocycles. The minimum atomic E-state index is -0.332. The first-order valence-electron chi connectivity index (χ1n) is 5.79. The van der Waals surface area contributed by atoms with E-state index in [-0.39, 0.29) is 11.6 Å². The van der Waals surface area contributed by atoms with Gasteiger partial charge in [-0.05, 0) is 19.1 Å². The number of para-hydroxylation sites is 1. The third-order valence-electron chi connectivity index (χ3n) is 2.93. The quantitative estimate of drug-likeness (QED) is 0.846. The lowest BCUT2D eigenvalue weighted by atomic mass is 10.2. The first-order chi connectivity index (χ1) is 9.06. The van der Waals surface area contributed by atoms with Crippen molar-refractivity contribution in [3.63, 3.8) is 0 Å². The van der Waals surface area contributed by atoms with Gasteiger partial charge in [0.05, 0.1) is 12.8 Å². The molecule has 0 radical (unpaired) electrons. The van der Waals surface area contributed by atoms with Crippen molar-refractivity contribution in [1.29, 1.82) is 0 Å². The van der Waals surface area contributed by atoms with E-state index in [1.807, 2.05) is 30.3 Å². The van der Waals surface area contributed by atoms with Crippen LogP contribution in [0.25, 0.3) is 5.69 Å². The average molecular weight is 260 g/mol. The fourth-order valence-corrected chi connectivity index (χ4v) is 1.71. The van der Waals surface area contributed by atoms with Gasteiger partial charge in [0, 0.05) is 12.6 Å². The molecule has 0 spiro atoms. The Bertz CT molecular complexity index is 592. The third kappa shape index (κ3) is 2.30. The van der Waals surface area contributed by atoms with Crippen LogP contribution in [0.5, 0.6) is 0 Å². The molecule has 1 aromatic heterocycles. The number of amides is 1. The molecule has 19 heavy (non-hydrogen) atoms. The van der Waals surface area contributed by atoms with E-state index < -0.39 is 0 Å². The molecule has 2 aromatic rings. The average Bonchev–Trinajstić information content (AvgIpc) is 2.75. The first kappa shape index (κ1) is 13.1. The molecule has 2 rings (SSSR count). The van der Waals surface area contributed by atoms with E-state index in [0.717, 1.165) is 10.8 Å². The van der Waals surface area contributed by atoms with E-state index in [0.29, 0.717) is 11.4 Å². The van der Waals surface area contributed by atoms with Crippen molar-refractivity contribution in [2.75, 3.05) is 19.9 Å². The lowest BCUT2D eigenvalue weighted by molar-refractivity contribution is -0.0761. The Morgan fingerprint density at radius 2 is 2.00 bits per heavy atom. The smallest absolute Gasteiger partial charge is 0.297 e. The molecule has 0 saturated carbocycles. The highest BCUT2D eigenvalue weighted by Crippen LogP contribution is 2.21. The number of nitrogen functional groups attached to an aromatic ring is 1. The number of benzene rings is 1. The summed E-state index contributed by atoms with van der Waals surface area (Å²) in [7, 11) is 2.95. The van der Waals surface area contributed by atoms with Gasteiger partial charge in [0.1, 0.15) is 5.82 Å². The van der Waals surface area contributed by atoms with Crippen molar-refractivity contribution in [2.24, 2.45) is 0 Å². The second-order valence-electron chi connectivity index (χ2n) is 4.09. The number of hydrogen-bond acceptors (Lipinski definition) is 4. The lowest BCUT2D eigenvalue weighted by Gasteiger charge is -2.11. The first-order valence-corrected chi connectivity index (χ1v) is 5.79. The Labute approximate surface area is 111 Å². The second kappa shape index (κ2) is 5.11. The van der Waals surface area contributed by atoms with Gasteiger partial charge in [-0.25, -0.2) is 9.75 Å². The molecule has 0 saturated heterocycles. The summed E-state index contributed by atoms with van der Waals surface area (Å²) in [4.78, 5) is 16.9. The maximum atomic E-state index is 12.1. The highest BCUT2D eigenvalue weighted by atomic mass is 16.7. The summed E-state index contributed by atoms with van der Waals surface area (Å²) in [5, 5.41) is 5.38. The van der Waals surface area contributed by atoms with Gasteiger partial charge in [0.15, 0.2) is 5.69 Å². The largest absolute Gasteiger partial charge is 0.383 e. The van der Waals surface area contributed by atoms with Gasteiger partial charge in [0.2, 0.25) is 0 Å². The summed E-state index contributed by atoms with van der Waals surface area (Å²) in [6, 6.07) is 9.41. The molecule has 1 heterocycles. The van der Waals surface area contributed by atoms with Crippen LogP contribution in [0, 0.1) is 6.92 Å². The summed E-state index contributed by atoms with van der Waals surface area (Å²) in [6.07, 6.45) is 0. The zero-order valence-electron chi connectivity index (χ0n) is 11.1. The van der Waals surface area contributed by atoms with Crippen molar-refractivity contribution >= 4 is 11.7 Å². The van der Waals surface area contributed by atoms with Crippen LogP contribution in [0.4, 0.5) is 5.82 Å². The van der Waals surface area contributed by atoms with E-state index in [1.54, 1.807) is 11.6 Å². The van der Waals surface area contributed by atoms with E-state index in [4.69, 9.17) is 10.6 Å². The zero-order chi connectivity index (χ0) is 14.0. The predicted octanol–water partition coefficient (Wildman–Crippen LogP) is 1.40. The highest BCUT2D eigenvalue weighted by Gasteiger charge is 2.22. The van der Waals surface area contributed by atoms with Crippen LogP contribution in [0.1, 0.15) is 16.1 Å². The van der Waals surface area contributed by atoms with Crippen LogP contribution in [-0.2, 0) is 4.84 Å². The SMILES string of the molecule is CON(C)C(=O)c1nn(-c2ccccc2)c(N)c1C. The Morgan fingerprint density at radius 3 is 2.58 bits per heavy atom. The highest BCUT2D eigenvalue weighted by molar-refractivity contribution is 5.94. The molecule has 2 N–H and O–H groups in total. The molecule has 0 aliphatic heterocycles. The zero-order valence-corrected chi connectivity index (χ0v) is 11.1. The van der Waals surface area contributed by atoms with E-state index in [9.17, 15) is 4.79 Å². The topological polar surface area (TPSA) is 73.4 Å². The molecule has 0 fully saturated rings. The Morgan fingerprint density at radius 1 is 1.37 bits per heavy atom. The molecular formula is C13H16N4O2. The van der Waals surface area contributed by atoms with Crippen molar-refractivity contribution < 1.29 is 9.63 Å². The summed E-state index contributed by atoms with van der Waals surface area (Å²) in [5.41, 5.74) is 7.73. The fourth-order valence-electron chi connectivity index (χ4n) is 1.71. The van der Waals surface area contributed by atoms with Crippen LogP contribution in [0.3, 0.4) is 0 Å². The third-order valence-corrected chi connectivity index (χ3v) is 2.93. The maximum absolute atomic E-state index is 12.1. The van der Waals surface area contributed by atoms with Crippen molar-refractivity contribution in [1.82, 2.24) is 14.8 Å². The number of nitrogens with two attached hydrogens (primary N) is 1. The van der Waals surface area contributed by atoms with Gasteiger partial charge in [0.25, 0.3) is 5.91 Å². The number of hydrogen-bond donors (Lipinski definition) is 1. The molecule has 100 valence electrons. The van der Waals surface area contributed by atoms with Gasteiger partial charge in [-0.3, -0.25) is 9.63 Å². The van der Waals surface area contributed by atoms with Gasteiger partial charge in [-0.2, -0.15) is 5.10 Å². The summed E-state index contributed by atoms with van der Waals surface area (Å²) < 4.78 is 1.55. The second-order valence-corrected chi connectivity index (χ2v) is 4.09. The van der Waals surface area contributed by atoms with E-state index in [1.165, 1.54) is 14.2 Å². The molecule has 0 unspecified atom stereocenters. The van der Waals surface area contributed by atoms with Gasteiger partial charge >= 0.3 is 0 Å². The molecule has 0 atom stereocenters. The molecule has 6 nitrogen and oxygen atoms in total. The van der Waals surface area contributed by atoms with Crippen LogP contribution < -0.4 is 5.73 Å². The number of hydroxylamine groups is 2. The molecule has 1 amide bonds. The normalized spacial score (nSPS) is 10.5. The van der Waals surface area contributed by atoms with Gasteiger partial charge < -0.3 is 5.73 Å². The Balaban J connectivity index is 2.48. The molecule has 6 heteroatoms. The minimum absolute atomic E-state index is 0.283. The van der Waals surface area contributed by atoms with Crippen LogP contribution >= 0.6 is 0 Å².